The van der Waals surface area contributed by atoms with Crippen molar-refractivity contribution in [2.75, 3.05) is 32.8 Å². The maximum Gasteiger partial charge on any atom is 0.0671 e. The van der Waals surface area contributed by atoms with Crippen molar-refractivity contribution in [2.45, 2.75) is 52.7 Å². The van der Waals surface area contributed by atoms with Gasteiger partial charge in [0.1, 0.15) is 0 Å². The molecule has 3 unspecified atom stereocenters. The van der Waals surface area contributed by atoms with Gasteiger partial charge in [-0.3, -0.25) is 0 Å². The molecule has 0 bridgehead atoms. The quantitative estimate of drug-likeness (QED) is 0.740. The normalized spacial score (nSPS) is 25.8. The molecule has 0 aromatic carbocycles. The van der Waals surface area contributed by atoms with Crippen LogP contribution in [0.15, 0.2) is 0 Å². The van der Waals surface area contributed by atoms with Crippen molar-refractivity contribution < 1.29 is 4.74 Å². The average molecular weight is 242 g/mol. The van der Waals surface area contributed by atoms with Gasteiger partial charge in [0.25, 0.3) is 0 Å². The van der Waals surface area contributed by atoms with Crippen LogP contribution in [0.1, 0.15) is 40.5 Å². The first-order valence-corrected chi connectivity index (χ1v) is 7.24. The van der Waals surface area contributed by atoms with Gasteiger partial charge < -0.3 is 15.0 Å². The van der Waals surface area contributed by atoms with Crippen molar-refractivity contribution in [1.82, 2.24) is 10.2 Å². The van der Waals surface area contributed by atoms with E-state index in [-0.39, 0.29) is 0 Å². The number of piperidine rings is 1. The average Bonchev–Trinajstić information content (AvgIpc) is 2.36. The van der Waals surface area contributed by atoms with Crippen LogP contribution >= 0.6 is 0 Å². The van der Waals surface area contributed by atoms with E-state index in [9.17, 15) is 0 Å². The Bertz CT molecular complexity index is 199. The summed E-state index contributed by atoms with van der Waals surface area (Å²) in [5, 5.41) is 3.63. The minimum Gasteiger partial charge on any atom is -0.377 e. The molecule has 1 fully saturated rings. The Kier molecular flexibility index (Phi) is 7.09. The molecule has 0 radical (unpaired) electrons. The summed E-state index contributed by atoms with van der Waals surface area (Å²) in [7, 11) is 0. The van der Waals surface area contributed by atoms with Gasteiger partial charge in [-0.2, -0.15) is 0 Å². The number of hydrogen-bond acceptors (Lipinski definition) is 3. The minimum atomic E-state index is 0.327. The summed E-state index contributed by atoms with van der Waals surface area (Å²) in [5.74, 6) is 0.803. The molecule has 1 aliphatic rings. The van der Waals surface area contributed by atoms with Crippen LogP contribution < -0.4 is 5.32 Å². The highest BCUT2D eigenvalue weighted by Crippen LogP contribution is 2.19. The first kappa shape index (κ1) is 14.9. The number of nitrogens with zero attached hydrogens (tertiary/aromatic N) is 1. The van der Waals surface area contributed by atoms with Crippen molar-refractivity contribution in [1.29, 1.82) is 0 Å². The molecule has 102 valence electrons. The standard InChI is InChI=1S/C14H30N2O/c1-5-16-9-7-8-14(11-16)13(4)15-10-12(3)17-6-2/h12-15H,5-11H2,1-4H3. The highest BCUT2D eigenvalue weighted by molar-refractivity contribution is 4.80. The van der Waals surface area contributed by atoms with Crippen molar-refractivity contribution in [3.05, 3.63) is 0 Å². The fraction of sp³-hybridized carbons (Fsp3) is 1.00. The zero-order valence-electron chi connectivity index (χ0n) is 12.0. The second kappa shape index (κ2) is 8.06. The second-order valence-electron chi connectivity index (χ2n) is 5.26. The van der Waals surface area contributed by atoms with Gasteiger partial charge in [0, 0.05) is 25.7 Å². The molecule has 3 heteroatoms. The predicted molar refractivity (Wildman–Crippen MR) is 73.4 cm³/mol. The Labute approximate surface area is 107 Å². The fourth-order valence-corrected chi connectivity index (χ4v) is 2.65. The number of hydrogen-bond donors (Lipinski definition) is 1. The van der Waals surface area contributed by atoms with E-state index in [1.54, 1.807) is 0 Å². The fourth-order valence-electron chi connectivity index (χ4n) is 2.65. The second-order valence-corrected chi connectivity index (χ2v) is 5.26. The molecule has 1 aliphatic heterocycles. The molecule has 3 atom stereocenters. The Balaban J connectivity index is 2.24. The summed E-state index contributed by atoms with van der Waals surface area (Å²) in [6, 6.07) is 0.604. The van der Waals surface area contributed by atoms with Gasteiger partial charge in [0.05, 0.1) is 6.10 Å². The highest BCUT2D eigenvalue weighted by atomic mass is 16.5. The molecule has 3 nitrogen and oxygen atoms in total. The molecule has 0 aliphatic carbocycles. The van der Waals surface area contributed by atoms with Crippen molar-refractivity contribution in [3.63, 3.8) is 0 Å². The summed E-state index contributed by atoms with van der Waals surface area (Å²) in [4.78, 5) is 2.57. The zero-order chi connectivity index (χ0) is 12.7. The lowest BCUT2D eigenvalue weighted by Crippen LogP contribution is -2.46. The molecule has 0 aromatic rings. The highest BCUT2D eigenvalue weighted by Gasteiger charge is 2.23. The van der Waals surface area contributed by atoms with Crippen LogP contribution in [-0.2, 0) is 4.74 Å². The number of rotatable bonds is 7. The van der Waals surface area contributed by atoms with E-state index in [1.165, 1.54) is 32.5 Å². The largest absolute Gasteiger partial charge is 0.377 e. The van der Waals surface area contributed by atoms with Crippen LogP contribution in [-0.4, -0.2) is 49.8 Å². The first-order chi connectivity index (χ1) is 8.17. The smallest absolute Gasteiger partial charge is 0.0671 e. The Hall–Kier alpha value is -0.120. The van der Waals surface area contributed by atoms with Crippen molar-refractivity contribution >= 4 is 0 Å². The lowest BCUT2D eigenvalue weighted by molar-refractivity contribution is 0.0695. The first-order valence-electron chi connectivity index (χ1n) is 7.24. The van der Waals surface area contributed by atoms with Crippen LogP contribution in [0.3, 0.4) is 0 Å². The number of nitrogens with one attached hydrogen (secondary N) is 1. The molecular weight excluding hydrogens is 212 g/mol. The van der Waals surface area contributed by atoms with Gasteiger partial charge in [-0.05, 0) is 52.6 Å². The third-order valence-corrected chi connectivity index (χ3v) is 3.87. The molecular formula is C14H30N2O. The lowest BCUT2D eigenvalue weighted by atomic mass is 9.91. The lowest BCUT2D eigenvalue weighted by Gasteiger charge is -2.35. The molecule has 0 amide bonds. The van der Waals surface area contributed by atoms with Crippen LogP contribution in [0.5, 0.6) is 0 Å². The van der Waals surface area contributed by atoms with Gasteiger partial charge in [0.15, 0.2) is 0 Å². The summed E-state index contributed by atoms with van der Waals surface area (Å²) in [6.45, 7) is 14.3. The Morgan fingerprint density at radius 3 is 2.76 bits per heavy atom. The monoisotopic (exact) mass is 242 g/mol. The van der Waals surface area contributed by atoms with E-state index in [1.807, 2.05) is 0 Å². The molecule has 1 saturated heterocycles. The van der Waals surface area contributed by atoms with Crippen LogP contribution in [0.25, 0.3) is 0 Å². The van der Waals surface area contributed by atoms with Crippen molar-refractivity contribution in [3.8, 4) is 0 Å². The minimum absolute atomic E-state index is 0.327. The van der Waals surface area contributed by atoms with E-state index in [0.717, 1.165) is 19.1 Å². The molecule has 1 heterocycles. The Morgan fingerprint density at radius 1 is 1.35 bits per heavy atom. The summed E-state index contributed by atoms with van der Waals surface area (Å²) in [5.41, 5.74) is 0. The van der Waals surface area contributed by atoms with Gasteiger partial charge in [-0.25, -0.2) is 0 Å². The topological polar surface area (TPSA) is 24.5 Å². The zero-order valence-corrected chi connectivity index (χ0v) is 12.0. The van der Waals surface area contributed by atoms with E-state index < -0.39 is 0 Å². The maximum absolute atomic E-state index is 5.55. The third-order valence-electron chi connectivity index (χ3n) is 3.87. The maximum atomic E-state index is 5.55. The number of likely N-dealkylation sites (tertiary alicyclic amines) is 1. The van der Waals surface area contributed by atoms with Crippen LogP contribution in [0.4, 0.5) is 0 Å². The van der Waals surface area contributed by atoms with E-state index >= 15 is 0 Å². The molecule has 0 saturated carbocycles. The molecule has 0 spiro atoms. The summed E-state index contributed by atoms with van der Waals surface area (Å²) < 4.78 is 5.55. The third kappa shape index (κ3) is 5.36. The van der Waals surface area contributed by atoms with Gasteiger partial charge in [0.2, 0.25) is 0 Å². The van der Waals surface area contributed by atoms with E-state index in [4.69, 9.17) is 4.74 Å². The molecule has 1 rings (SSSR count). The van der Waals surface area contributed by atoms with Gasteiger partial charge >= 0.3 is 0 Å². The summed E-state index contributed by atoms with van der Waals surface area (Å²) >= 11 is 0. The molecule has 17 heavy (non-hydrogen) atoms. The number of ether oxygens (including phenoxy) is 1. The van der Waals surface area contributed by atoms with Gasteiger partial charge in [-0.15, -0.1) is 0 Å². The summed E-state index contributed by atoms with van der Waals surface area (Å²) in [6.07, 6.45) is 3.05. The predicted octanol–water partition coefficient (Wildman–Crippen LogP) is 2.12. The van der Waals surface area contributed by atoms with Crippen LogP contribution in [0, 0.1) is 5.92 Å². The van der Waals surface area contributed by atoms with Gasteiger partial charge in [-0.1, -0.05) is 6.92 Å². The SMILES string of the molecule is CCOC(C)CNC(C)C1CCCN(CC)C1. The van der Waals surface area contributed by atoms with E-state index in [0.29, 0.717) is 12.1 Å². The molecule has 1 N–H and O–H groups in total. The van der Waals surface area contributed by atoms with E-state index in [2.05, 4.69) is 37.9 Å². The molecule has 0 aromatic heterocycles. The van der Waals surface area contributed by atoms with Crippen LogP contribution in [0.2, 0.25) is 0 Å². The van der Waals surface area contributed by atoms with Crippen molar-refractivity contribution in [2.24, 2.45) is 5.92 Å². The Morgan fingerprint density at radius 2 is 2.12 bits per heavy atom.